The van der Waals surface area contributed by atoms with Gasteiger partial charge in [0.15, 0.2) is 0 Å². The average molecular weight is 311 g/mol. The van der Waals surface area contributed by atoms with Gasteiger partial charge in [-0.25, -0.2) is 0 Å². The Morgan fingerprint density at radius 2 is 1.74 bits per heavy atom. The van der Waals surface area contributed by atoms with Crippen molar-refractivity contribution >= 4 is 11.6 Å². The molecule has 3 nitrogen and oxygen atoms in total. The predicted octanol–water partition coefficient (Wildman–Crippen LogP) is 4.56. The van der Waals surface area contributed by atoms with E-state index in [-0.39, 0.29) is 11.3 Å². The van der Waals surface area contributed by atoms with Gasteiger partial charge in [-0.15, -0.1) is 0 Å². The largest absolute Gasteiger partial charge is 0.497 e. The van der Waals surface area contributed by atoms with E-state index in [9.17, 15) is 4.79 Å². The Morgan fingerprint density at radius 3 is 2.30 bits per heavy atom. The van der Waals surface area contributed by atoms with Crippen molar-refractivity contribution < 1.29 is 9.53 Å². The summed E-state index contributed by atoms with van der Waals surface area (Å²) in [6.07, 6.45) is 0.945. The first-order chi connectivity index (χ1) is 10.8. The van der Waals surface area contributed by atoms with Crippen molar-refractivity contribution in [1.29, 1.82) is 0 Å². The van der Waals surface area contributed by atoms with Crippen LogP contribution in [0, 0.1) is 5.41 Å². The minimum atomic E-state index is -0.00840. The summed E-state index contributed by atoms with van der Waals surface area (Å²) in [5, 5.41) is 0. The van der Waals surface area contributed by atoms with E-state index in [0.717, 1.165) is 17.9 Å². The fourth-order valence-electron chi connectivity index (χ4n) is 2.54. The van der Waals surface area contributed by atoms with Crippen molar-refractivity contribution in [1.82, 2.24) is 0 Å². The molecule has 3 heteroatoms. The normalized spacial score (nSPS) is 11.2. The molecular weight excluding hydrogens is 286 g/mol. The summed E-state index contributed by atoms with van der Waals surface area (Å²) in [5.41, 5.74) is 2.94. The smallest absolute Gasteiger partial charge is 0.258 e. The van der Waals surface area contributed by atoms with E-state index >= 15 is 0 Å². The fourth-order valence-corrected chi connectivity index (χ4v) is 2.54. The third-order valence-electron chi connectivity index (χ3n) is 3.67. The zero-order chi connectivity index (χ0) is 17.0. The van der Waals surface area contributed by atoms with Crippen molar-refractivity contribution in [2.45, 2.75) is 27.2 Å². The van der Waals surface area contributed by atoms with Gasteiger partial charge in [0.05, 0.1) is 7.11 Å². The maximum Gasteiger partial charge on any atom is 0.258 e. The molecular formula is C20H25NO2. The molecule has 0 spiro atoms. The van der Waals surface area contributed by atoms with Crippen LogP contribution in [0.2, 0.25) is 0 Å². The van der Waals surface area contributed by atoms with E-state index < -0.39 is 0 Å². The maximum atomic E-state index is 12.7. The number of ether oxygens (including phenoxy) is 1. The van der Waals surface area contributed by atoms with Crippen molar-refractivity contribution in [3.05, 3.63) is 59.7 Å². The molecule has 0 aromatic heterocycles. The topological polar surface area (TPSA) is 29.5 Å². The van der Waals surface area contributed by atoms with Gasteiger partial charge in [-0.2, -0.15) is 0 Å². The number of benzene rings is 2. The number of carbonyl (C=O) groups excluding carboxylic acids is 1. The van der Waals surface area contributed by atoms with Crippen LogP contribution in [0.1, 0.15) is 36.7 Å². The highest BCUT2D eigenvalue weighted by molar-refractivity contribution is 6.05. The van der Waals surface area contributed by atoms with Gasteiger partial charge in [0.2, 0.25) is 0 Å². The van der Waals surface area contributed by atoms with Gasteiger partial charge in [0.1, 0.15) is 5.75 Å². The Kier molecular flexibility index (Phi) is 5.09. The second kappa shape index (κ2) is 6.86. The van der Waals surface area contributed by atoms with Crippen LogP contribution in [-0.2, 0) is 6.42 Å². The molecule has 122 valence electrons. The lowest BCUT2D eigenvalue weighted by molar-refractivity contribution is 0.0993. The molecule has 0 aliphatic heterocycles. The van der Waals surface area contributed by atoms with Crippen LogP contribution in [-0.4, -0.2) is 20.1 Å². The quantitative estimate of drug-likeness (QED) is 0.828. The molecule has 23 heavy (non-hydrogen) atoms. The summed E-state index contributed by atoms with van der Waals surface area (Å²) >= 11 is 0. The fraction of sp³-hybridized carbons (Fsp3) is 0.350. The standard InChI is InChI=1S/C20H25NO2/c1-20(2,3)14-15-7-6-8-16(13-15)19(22)21(4)17-9-11-18(23-5)12-10-17/h6-13H,14H2,1-5H3. The first kappa shape index (κ1) is 17.1. The minimum absolute atomic E-state index is 0.00840. The second-order valence-electron chi connectivity index (χ2n) is 7.00. The summed E-state index contributed by atoms with van der Waals surface area (Å²) in [7, 11) is 3.42. The Hall–Kier alpha value is -2.29. The van der Waals surface area contributed by atoms with Crippen molar-refractivity contribution in [3.8, 4) is 5.75 Å². The van der Waals surface area contributed by atoms with Crippen LogP contribution in [0.4, 0.5) is 5.69 Å². The lowest BCUT2D eigenvalue weighted by Gasteiger charge is -2.20. The molecule has 2 rings (SSSR count). The number of anilines is 1. The lowest BCUT2D eigenvalue weighted by atomic mass is 9.87. The van der Waals surface area contributed by atoms with E-state index in [1.54, 1.807) is 19.1 Å². The molecule has 0 bridgehead atoms. The molecule has 0 saturated heterocycles. The SMILES string of the molecule is COc1ccc(N(C)C(=O)c2cccc(CC(C)(C)C)c2)cc1. The van der Waals surface area contributed by atoms with Crippen LogP contribution in [0.3, 0.4) is 0 Å². The van der Waals surface area contributed by atoms with Crippen LogP contribution in [0.25, 0.3) is 0 Å². The molecule has 0 heterocycles. The third-order valence-corrected chi connectivity index (χ3v) is 3.67. The number of amides is 1. The molecule has 0 N–H and O–H groups in total. The number of nitrogens with zero attached hydrogens (tertiary/aromatic N) is 1. The highest BCUT2D eigenvalue weighted by Gasteiger charge is 2.16. The van der Waals surface area contributed by atoms with Gasteiger partial charge < -0.3 is 9.64 Å². The Labute approximate surface area is 138 Å². The summed E-state index contributed by atoms with van der Waals surface area (Å²) in [6, 6.07) is 15.4. The number of carbonyl (C=O) groups is 1. The first-order valence-electron chi connectivity index (χ1n) is 7.81. The van der Waals surface area contributed by atoms with Crippen LogP contribution in [0.15, 0.2) is 48.5 Å². The number of hydrogen-bond acceptors (Lipinski definition) is 2. The first-order valence-corrected chi connectivity index (χ1v) is 7.81. The van der Waals surface area contributed by atoms with Gasteiger partial charge in [0.25, 0.3) is 5.91 Å². The minimum Gasteiger partial charge on any atom is -0.497 e. The molecule has 0 unspecified atom stereocenters. The van der Waals surface area contributed by atoms with Crippen LogP contribution in [0.5, 0.6) is 5.75 Å². The molecule has 2 aromatic rings. The second-order valence-corrected chi connectivity index (χ2v) is 7.00. The van der Waals surface area contributed by atoms with E-state index in [4.69, 9.17) is 4.74 Å². The van der Waals surface area contributed by atoms with Crippen molar-refractivity contribution in [2.75, 3.05) is 19.1 Å². The molecule has 0 saturated carbocycles. The third kappa shape index (κ3) is 4.59. The Balaban J connectivity index is 2.20. The Morgan fingerprint density at radius 1 is 1.09 bits per heavy atom. The maximum absolute atomic E-state index is 12.7. The number of hydrogen-bond donors (Lipinski definition) is 0. The summed E-state index contributed by atoms with van der Waals surface area (Å²) in [5.74, 6) is 0.771. The molecule has 2 aromatic carbocycles. The molecule has 0 aliphatic rings. The molecule has 0 aliphatic carbocycles. The zero-order valence-corrected chi connectivity index (χ0v) is 14.6. The van der Waals surface area contributed by atoms with Gasteiger partial charge in [-0.3, -0.25) is 4.79 Å². The highest BCUT2D eigenvalue weighted by atomic mass is 16.5. The summed E-state index contributed by atoms with van der Waals surface area (Å²) in [6.45, 7) is 6.60. The van der Waals surface area contributed by atoms with Crippen molar-refractivity contribution in [3.63, 3.8) is 0 Å². The van der Waals surface area contributed by atoms with E-state index in [1.807, 2.05) is 42.5 Å². The number of methoxy groups -OCH3 is 1. The van der Waals surface area contributed by atoms with E-state index in [0.29, 0.717) is 5.56 Å². The monoisotopic (exact) mass is 311 g/mol. The van der Waals surface area contributed by atoms with Crippen LogP contribution >= 0.6 is 0 Å². The van der Waals surface area contributed by atoms with Gasteiger partial charge >= 0.3 is 0 Å². The average Bonchev–Trinajstić information content (AvgIpc) is 2.52. The molecule has 0 radical (unpaired) electrons. The lowest BCUT2D eigenvalue weighted by Crippen LogP contribution is -2.26. The summed E-state index contributed by atoms with van der Waals surface area (Å²) in [4.78, 5) is 14.4. The molecule has 0 fully saturated rings. The van der Waals surface area contributed by atoms with Crippen LogP contribution < -0.4 is 9.64 Å². The molecule has 1 amide bonds. The molecule has 0 atom stereocenters. The Bertz CT molecular complexity index is 669. The van der Waals surface area contributed by atoms with Crippen molar-refractivity contribution in [2.24, 2.45) is 5.41 Å². The van der Waals surface area contributed by atoms with E-state index in [2.05, 4.69) is 26.8 Å². The van der Waals surface area contributed by atoms with Gasteiger partial charge in [-0.1, -0.05) is 32.9 Å². The van der Waals surface area contributed by atoms with Gasteiger partial charge in [0, 0.05) is 18.3 Å². The predicted molar refractivity (Wildman–Crippen MR) is 95.3 cm³/mol. The highest BCUT2D eigenvalue weighted by Crippen LogP contribution is 2.23. The van der Waals surface area contributed by atoms with E-state index in [1.165, 1.54) is 5.56 Å². The zero-order valence-electron chi connectivity index (χ0n) is 14.6. The summed E-state index contributed by atoms with van der Waals surface area (Å²) < 4.78 is 5.15. The van der Waals surface area contributed by atoms with Gasteiger partial charge in [-0.05, 0) is 53.8 Å². The number of rotatable bonds is 4.